The minimum absolute atomic E-state index is 0.218. The van der Waals surface area contributed by atoms with Gasteiger partial charge in [-0.2, -0.15) is 13.2 Å². The maximum Gasteiger partial charge on any atom is 0.393 e. The number of amides is 1. The summed E-state index contributed by atoms with van der Waals surface area (Å²) < 4.78 is 35.4. The lowest BCUT2D eigenvalue weighted by Gasteiger charge is -2.23. The molecular weight excluding hydrogens is 187 g/mol. The van der Waals surface area contributed by atoms with Crippen molar-refractivity contribution in [3.63, 3.8) is 0 Å². The molecule has 1 amide bonds. The minimum Gasteiger partial charge on any atom is -0.373 e. The second-order valence-corrected chi connectivity index (χ2v) is 2.99. The Morgan fingerprint density at radius 1 is 1.54 bits per heavy atom. The molecule has 1 fully saturated rings. The predicted octanol–water partition coefficient (Wildman–Crippen LogP) is 0.880. The van der Waals surface area contributed by atoms with E-state index in [2.05, 4.69) is 0 Å². The summed E-state index contributed by atoms with van der Waals surface area (Å²) in [5.74, 6) is -0.406. The minimum atomic E-state index is -4.43. The van der Waals surface area contributed by atoms with Gasteiger partial charge in [0.25, 0.3) is 0 Å². The second-order valence-electron chi connectivity index (χ2n) is 2.99. The molecule has 1 unspecified atom stereocenters. The zero-order valence-corrected chi connectivity index (χ0v) is 6.84. The fraction of sp³-hybridized carbons (Fsp3) is 0.857. The van der Waals surface area contributed by atoms with Crippen molar-refractivity contribution in [1.29, 1.82) is 0 Å². The first kappa shape index (κ1) is 10.3. The normalized spacial score (nSPS) is 20.9. The van der Waals surface area contributed by atoms with Crippen molar-refractivity contribution >= 4 is 5.91 Å². The maximum absolute atomic E-state index is 11.8. The molecule has 0 saturated carbocycles. The van der Waals surface area contributed by atoms with Gasteiger partial charge in [0, 0.05) is 13.0 Å². The van der Waals surface area contributed by atoms with E-state index >= 15 is 0 Å². The lowest BCUT2D eigenvalue weighted by atomic mass is 10.3. The summed E-state index contributed by atoms with van der Waals surface area (Å²) in [5, 5.41) is 9.04. The van der Waals surface area contributed by atoms with Crippen molar-refractivity contribution in [3.8, 4) is 0 Å². The van der Waals surface area contributed by atoms with Crippen LogP contribution in [0.3, 0.4) is 0 Å². The molecule has 1 heterocycles. The van der Waals surface area contributed by atoms with Crippen LogP contribution in [0.4, 0.5) is 13.2 Å². The first-order valence-corrected chi connectivity index (χ1v) is 3.94. The number of hydrogen-bond acceptors (Lipinski definition) is 2. The summed E-state index contributed by atoms with van der Waals surface area (Å²) in [5.41, 5.74) is 0. The van der Waals surface area contributed by atoms with Crippen molar-refractivity contribution in [3.05, 3.63) is 0 Å². The number of alkyl halides is 3. The summed E-state index contributed by atoms with van der Waals surface area (Å²) >= 11 is 0. The van der Waals surface area contributed by atoms with Crippen LogP contribution >= 0.6 is 0 Å². The van der Waals surface area contributed by atoms with Gasteiger partial charge < -0.3 is 10.0 Å². The molecule has 0 radical (unpaired) electrons. The van der Waals surface area contributed by atoms with E-state index in [9.17, 15) is 18.0 Å². The molecule has 1 rings (SSSR count). The van der Waals surface area contributed by atoms with E-state index in [0.29, 0.717) is 6.42 Å². The predicted molar refractivity (Wildman–Crippen MR) is 37.6 cm³/mol. The summed E-state index contributed by atoms with van der Waals surface area (Å²) in [7, 11) is 0. The molecule has 0 aromatic carbocycles. The highest BCUT2D eigenvalue weighted by Crippen LogP contribution is 2.25. The lowest BCUT2D eigenvalue weighted by molar-refractivity contribution is -0.176. The van der Waals surface area contributed by atoms with Gasteiger partial charge in [-0.05, 0) is 6.42 Å². The SMILES string of the molecule is O=C1CCCN1C(O)CC(F)(F)F. The van der Waals surface area contributed by atoms with E-state index in [1.54, 1.807) is 0 Å². The number of aliphatic hydroxyl groups is 1. The van der Waals surface area contributed by atoms with Gasteiger partial charge in [-0.15, -0.1) is 0 Å². The number of carbonyl (C=O) groups excluding carboxylic acids is 1. The highest BCUT2D eigenvalue weighted by molar-refractivity contribution is 5.78. The standard InChI is InChI=1S/C7H10F3NO2/c8-7(9,10)4-6(13)11-3-1-2-5(11)12/h6,13H,1-4H2. The number of hydrogen-bond donors (Lipinski definition) is 1. The lowest BCUT2D eigenvalue weighted by Crippen LogP contribution is -2.39. The molecule has 0 aromatic rings. The third kappa shape index (κ3) is 2.87. The van der Waals surface area contributed by atoms with E-state index in [1.165, 1.54) is 0 Å². The Balaban J connectivity index is 2.47. The summed E-state index contributed by atoms with van der Waals surface area (Å²) in [4.78, 5) is 11.8. The third-order valence-corrected chi connectivity index (χ3v) is 1.88. The van der Waals surface area contributed by atoms with Crippen molar-refractivity contribution in [2.45, 2.75) is 31.7 Å². The van der Waals surface area contributed by atoms with Crippen LogP contribution in [-0.2, 0) is 4.79 Å². The molecule has 0 aliphatic carbocycles. The fourth-order valence-corrected chi connectivity index (χ4v) is 1.30. The first-order chi connectivity index (χ1) is 5.90. The van der Waals surface area contributed by atoms with Crippen LogP contribution in [0.15, 0.2) is 0 Å². The van der Waals surface area contributed by atoms with E-state index in [1.807, 2.05) is 0 Å². The average Bonchev–Trinajstić information content (AvgIpc) is 2.30. The van der Waals surface area contributed by atoms with Crippen molar-refractivity contribution in [2.24, 2.45) is 0 Å². The van der Waals surface area contributed by atoms with Gasteiger partial charge >= 0.3 is 6.18 Å². The van der Waals surface area contributed by atoms with Gasteiger partial charge in [0.2, 0.25) is 5.91 Å². The number of carbonyl (C=O) groups is 1. The molecule has 1 atom stereocenters. The Kier molecular flexibility index (Phi) is 2.80. The molecule has 76 valence electrons. The van der Waals surface area contributed by atoms with Gasteiger partial charge in [-0.3, -0.25) is 4.79 Å². The summed E-state index contributed by atoms with van der Waals surface area (Å²) in [6.45, 7) is 0.218. The Labute approximate surface area is 73.1 Å². The number of rotatable bonds is 2. The monoisotopic (exact) mass is 197 g/mol. The molecule has 0 spiro atoms. The largest absolute Gasteiger partial charge is 0.393 e. The molecule has 1 saturated heterocycles. The number of nitrogens with zero attached hydrogens (tertiary/aromatic N) is 1. The van der Waals surface area contributed by atoms with E-state index < -0.39 is 24.7 Å². The van der Waals surface area contributed by atoms with Gasteiger partial charge in [0.1, 0.15) is 6.23 Å². The van der Waals surface area contributed by atoms with Crippen LogP contribution in [0.2, 0.25) is 0 Å². The Hall–Kier alpha value is -0.780. The van der Waals surface area contributed by atoms with Crippen LogP contribution in [0.5, 0.6) is 0 Å². The highest BCUT2D eigenvalue weighted by atomic mass is 19.4. The zero-order chi connectivity index (χ0) is 10.1. The van der Waals surface area contributed by atoms with Crippen LogP contribution in [0.25, 0.3) is 0 Å². The fourth-order valence-electron chi connectivity index (χ4n) is 1.30. The topological polar surface area (TPSA) is 40.5 Å². The molecule has 1 N–H and O–H groups in total. The number of aliphatic hydroxyl groups excluding tert-OH is 1. The van der Waals surface area contributed by atoms with E-state index in [0.717, 1.165) is 4.90 Å². The van der Waals surface area contributed by atoms with Crippen LogP contribution in [0, 0.1) is 0 Å². The Morgan fingerprint density at radius 2 is 2.15 bits per heavy atom. The Morgan fingerprint density at radius 3 is 2.54 bits per heavy atom. The van der Waals surface area contributed by atoms with Crippen molar-refractivity contribution in [1.82, 2.24) is 4.90 Å². The number of halogens is 3. The van der Waals surface area contributed by atoms with Crippen LogP contribution < -0.4 is 0 Å². The molecule has 3 nitrogen and oxygen atoms in total. The molecule has 6 heteroatoms. The smallest absolute Gasteiger partial charge is 0.373 e. The van der Waals surface area contributed by atoms with E-state index in [4.69, 9.17) is 5.11 Å². The van der Waals surface area contributed by atoms with Gasteiger partial charge in [-0.1, -0.05) is 0 Å². The summed E-state index contributed by atoms with van der Waals surface area (Å²) in [6.07, 6.45) is -6.74. The molecule has 1 aliphatic rings. The number of likely N-dealkylation sites (tertiary alicyclic amines) is 1. The molecule has 1 aliphatic heterocycles. The Bertz CT molecular complexity index is 204. The van der Waals surface area contributed by atoms with Gasteiger partial charge in [0.05, 0.1) is 6.42 Å². The van der Waals surface area contributed by atoms with Crippen LogP contribution in [0.1, 0.15) is 19.3 Å². The highest BCUT2D eigenvalue weighted by Gasteiger charge is 2.36. The summed E-state index contributed by atoms with van der Waals surface area (Å²) in [6, 6.07) is 0. The average molecular weight is 197 g/mol. The van der Waals surface area contributed by atoms with Crippen molar-refractivity contribution in [2.75, 3.05) is 6.54 Å². The van der Waals surface area contributed by atoms with E-state index in [-0.39, 0.29) is 13.0 Å². The quantitative estimate of drug-likeness (QED) is 0.713. The second kappa shape index (κ2) is 3.53. The zero-order valence-electron chi connectivity index (χ0n) is 6.84. The third-order valence-electron chi connectivity index (χ3n) is 1.88. The van der Waals surface area contributed by atoms with Gasteiger partial charge in [-0.25, -0.2) is 0 Å². The van der Waals surface area contributed by atoms with Crippen LogP contribution in [-0.4, -0.2) is 34.9 Å². The van der Waals surface area contributed by atoms with Crippen molar-refractivity contribution < 1.29 is 23.1 Å². The maximum atomic E-state index is 11.8. The molecule has 0 bridgehead atoms. The van der Waals surface area contributed by atoms with Gasteiger partial charge in [0.15, 0.2) is 0 Å². The molecular formula is C7H10F3NO2. The molecule has 13 heavy (non-hydrogen) atoms. The molecule has 0 aromatic heterocycles. The first-order valence-electron chi connectivity index (χ1n) is 3.94.